The van der Waals surface area contributed by atoms with E-state index in [1.54, 1.807) is 72.9 Å². The zero-order valence-electron chi connectivity index (χ0n) is 28.8. The standard InChI is InChI=1S/C38H36N4O10S/c1-2-3-14-36-39-21-33(20-34(35-13-8-19-53-35)38(44)50-24-30-10-5-7-12-32(30)26-52-42(47)48)40(36)22-27-15-17-28(18-16-27)37(43)49-23-29-9-4-6-11-31(29)25-51-41(45)46/h4-13,15-21H,2-3,14,22-26H2,1H3/b34-20+. The van der Waals surface area contributed by atoms with Crippen LogP contribution in [0, 0.1) is 20.2 Å². The zero-order chi connectivity index (χ0) is 37.6. The smallest absolute Gasteiger partial charge is 0.339 e. The van der Waals surface area contributed by atoms with Gasteiger partial charge >= 0.3 is 11.9 Å². The number of carbonyl (C=O) groups excluding carboxylic acids is 2. The van der Waals surface area contributed by atoms with Gasteiger partial charge in [-0.15, -0.1) is 31.6 Å². The predicted molar refractivity (Wildman–Crippen MR) is 194 cm³/mol. The predicted octanol–water partition coefficient (Wildman–Crippen LogP) is 7.39. The summed E-state index contributed by atoms with van der Waals surface area (Å²) >= 11 is 1.39. The largest absolute Gasteiger partial charge is 0.457 e. The number of unbranched alkanes of at least 4 members (excludes halogenated alkanes) is 1. The van der Waals surface area contributed by atoms with Crippen molar-refractivity contribution in [2.75, 3.05) is 0 Å². The number of carbonyl (C=O) groups is 2. The van der Waals surface area contributed by atoms with Crippen molar-refractivity contribution >= 4 is 34.9 Å². The van der Waals surface area contributed by atoms with E-state index in [1.807, 2.05) is 34.2 Å². The summed E-state index contributed by atoms with van der Waals surface area (Å²) < 4.78 is 13.3. The van der Waals surface area contributed by atoms with Gasteiger partial charge in [-0.05, 0) is 63.9 Å². The van der Waals surface area contributed by atoms with E-state index in [-0.39, 0.29) is 26.4 Å². The number of esters is 2. The molecule has 0 atom stereocenters. The second-order valence-corrected chi connectivity index (χ2v) is 12.7. The van der Waals surface area contributed by atoms with E-state index in [4.69, 9.17) is 14.5 Å². The van der Waals surface area contributed by atoms with E-state index < -0.39 is 22.1 Å². The van der Waals surface area contributed by atoms with Gasteiger partial charge in [0.2, 0.25) is 0 Å². The molecule has 3 aromatic carbocycles. The lowest BCUT2D eigenvalue weighted by atomic mass is 10.1. The second kappa shape index (κ2) is 18.8. The molecule has 0 saturated heterocycles. The number of hydrogen-bond acceptors (Lipinski definition) is 12. The molecule has 53 heavy (non-hydrogen) atoms. The lowest BCUT2D eigenvalue weighted by molar-refractivity contribution is -0.763. The van der Waals surface area contributed by atoms with Crippen LogP contribution in [0.1, 0.15) is 74.3 Å². The molecule has 5 aromatic rings. The minimum absolute atomic E-state index is 0.0825. The minimum Gasteiger partial charge on any atom is -0.457 e. The van der Waals surface area contributed by atoms with Gasteiger partial charge in [0, 0.05) is 17.8 Å². The third-order valence-corrected chi connectivity index (χ3v) is 9.06. The van der Waals surface area contributed by atoms with Gasteiger partial charge in [-0.2, -0.15) is 0 Å². The van der Waals surface area contributed by atoms with Crippen molar-refractivity contribution in [3.8, 4) is 0 Å². The van der Waals surface area contributed by atoms with E-state index in [1.165, 1.54) is 11.3 Å². The van der Waals surface area contributed by atoms with Crippen LogP contribution in [-0.2, 0) is 63.3 Å². The Kier molecular flexibility index (Phi) is 13.4. The van der Waals surface area contributed by atoms with Gasteiger partial charge < -0.3 is 23.7 Å². The topological polar surface area (TPSA) is 175 Å². The SMILES string of the molecule is CCCCc1ncc(/C=C(/C(=O)OCc2ccccc2CO[N+](=O)[O-])c2cccs2)n1Cc1ccc(C(=O)OCc2ccccc2CO[N+](=O)[O-])cc1. The van der Waals surface area contributed by atoms with E-state index in [2.05, 4.69) is 16.6 Å². The molecule has 0 N–H and O–H groups in total. The minimum atomic E-state index is -0.873. The number of thiophene rings is 1. The van der Waals surface area contributed by atoms with E-state index in [9.17, 15) is 29.8 Å². The third kappa shape index (κ3) is 10.8. The van der Waals surface area contributed by atoms with Gasteiger partial charge in [0.05, 0.1) is 23.0 Å². The first-order valence-electron chi connectivity index (χ1n) is 16.6. The monoisotopic (exact) mass is 740 g/mol. The molecule has 274 valence electrons. The molecule has 2 aromatic heterocycles. The summed E-state index contributed by atoms with van der Waals surface area (Å²) in [5, 5.41) is 21.5. The molecule has 0 aliphatic rings. The zero-order valence-corrected chi connectivity index (χ0v) is 29.6. The molecule has 0 aliphatic carbocycles. The molecule has 2 heterocycles. The number of ether oxygens (including phenoxy) is 2. The highest BCUT2D eigenvalue weighted by atomic mass is 32.1. The van der Waals surface area contributed by atoms with Crippen molar-refractivity contribution < 1.29 is 38.9 Å². The summed E-state index contributed by atoms with van der Waals surface area (Å²) in [5.74, 6) is -0.292. The van der Waals surface area contributed by atoms with Gasteiger partial charge in [-0.1, -0.05) is 80.1 Å². The van der Waals surface area contributed by atoms with Crippen molar-refractivity contribution in [1.29, 1.82) is 0 Å². The number of aryl methyl sites for hydroxylation is 1. The summed E-state index contributed by atoms with van der Waals surface area (Å²) in [4.78, 5) is 62.3. The van der Waals surface area contributed by atoms with Crippen LogP contribution in [0.4, 0.5) is 0 Å². The van der Waals surface area contributed by atoms with Crippen LogP contribution >= 0.6 is 11.3 Å². The Labute approximate surface area is 308 Å². The Morgan fingerprint density at radius 3 is 1.92 bits per heavy atom. The summed E-state index contributed by atoms with van der Waals surface area (Å²) in [6, 6.07) is 24.3. The number of aromatic nitrogens is 2. The molecule has 0 bridgehead atoms. The molecule has 5 rings (SSSR count). The highest BCUT2D eigenvalue weighted by molar-refractivity contribution is 7.11. The fourth-order valence-corrected chi connectivity index (χ4v) is 6.10. The van der Waals surface area contributed by atoms with Gasteiger partial charge in [-0.3, -0.25) is 0 Å². The van der Waals surface area contributed by atoms with Crippen LogP contribution in [0.3, 0.4) is 0 Å². The maximum atomic E-state index is 13.6. The second-order valence-electron chi connectivity index (χ2n) is 11.7. The average Bonchev–Trinajstić information content (AvgIpc) is 3.83. The number of imidazole rings is 1. The van der Waals surface area contributed by atoms with Crippen LogP contribution < -0.4 is 0 Å². The average molecular weight is 741 g/mol. The fraction of sp³-hybridized carbons (Fsp3) is 0.237. The Bertz CT molecular complexity index is 2060. The van der Waals surface area contributed by atoms with E-state index in [0.717, 1.165) is 24.2 Å². The molecule has 14 nitrogen and oxygen atoms in total. The first-order valence-corrected chi connectivity index (χ1v) is 17.5. The lowest BCUT2D eigenvalue weighted by Gasteiger charge is -2.13. The Balaban J connectivity index is 1.33. The van der Waals surface area contributed by atoms with Crippen molar-refractivity contribution in [2.45, 2.75) is 59.2 Å². The van der Waals surface area contributed by atoms with Crippen LogP contribution in [-0.4, -0.2) is 31.7 Å². The lowest BCUT2D eigenvalue weighted by Crippen LogP contribution is -2.11. The summed E-state index contributed by atoms with van der Waals surface area (Å²) in [7, 11) is 0. The van der Waals surface area contributed by atoms with Crippen molar-refractivity contribution in [1.82, 2.24) is 9.55 Å². The molecule has 15 heteroatoms. The molecule has 0 amide bonds. The number of hydrogen-bond donors (Lipinski definition) is 0. The first kappa shape index (κ1) is 37.9. The maximum absolute atomic E-state index is 13.6. The number of rotatable bonds is 19. The Morgan fingerprint density at radius 2 is 1.38 bits per heavy atom. The molecule has 0 radical (unpaired) electrons. The maximum Gasteiger partial charge on any atom is 0.339 e. The van der Waals surface area contributed by atoms with Crippen LogP contribution in [0.5, 0.6) is 0 Å². The fourth-order valence-electron chi connectivity index (χ4n) is 5.37. The molecule has 0 aliphatic heterocycles. The van der Waals surface area contributed by atoms with Gasteiger partial charge in [-0.25, -0.2) is 14.6 Å². The van der Waals surface area contributed by atoms with Gasteiger partial charge in [0.25, 0.3) is 10.2 Å². The van der Waals surface area contributed by atoms with Gasteiger partial charge in [0.1, 0.15) is 32.3 Å². The summed E-state index contributed by atoms with van der Waals surface area (Å²) in [6.45, 7) is 1.78. The number of benzene rings is 3. The van der Waals surface area contributed by atoms with Gasteiger partial charge in [0.15, 0.2) is 0 Å². The molecular formula is C38H36N4O10S. The first-order chi connectivity index (χ1) is 25.7. The highest BCUT2D eigenvalue weighted by Crippen LogP contribution is 2.27. The third-order valence-electron chi connectivity index (χ3n) is 8.16. The Morgan fingerprint density at radius 1 is 0.792 bits per heavy atom. The molecule has 0 saturated carbocycles. The molecule has 0 fully saturated rings. The van der Waals surface area contributed by atoms with E-state index >= 15 is 0 Å². The Hall–Kier alpha value is -6.35. The van der Waals surface area contributed by atoms with Crippen LogP contribution in [0.2, 0.25) is 0 Å². The van der Waals surface area contributed by atoms with Crippen LogP contribution in [0.25, 0.3) is 11.6 Å². The normalized spacial score (nSPS) is 11.2. The summed E-state index contributed by atoms with van der Waals surface area (Å²) in [5.41, 5.74) is 4.46. The number of nitrogens with zero attached hydrogens (tertiary/aromatic N) is 4. The highest BCUT2D eigenvalue weighted by Gasteiger charge is 2.19. The molecule has 0 spiro atoms. The quantitative estimate of drug-likeness (QED) is 0.0357. The summed E-state index contributed by atoms with van der Waals surface area (Å²) in [6.07, 6.45) is 6.05. The van der Waals surface area contributed by atoms with E-state index in [0.29, 0.717) is 56.9 Å². The van der Waals surface area contributed by atoms with Crippen LogP contribution in [0.15, 0.2) is 96.5 Å². The molecular weight excluding hydrogens is 705 g/mol. The van der Waals surface area contributed by atoms with Crippen molar-refractivity contribution in [2.24, 2.45) is 0 Å². The molecule has 0 unspecified atom stereocenters. The van der Waals surface area contributed by atoms with Crippen molar-refractivity contribution in [3.05, 3.63) is 167 Å². The van der Waals surface area contributed by atoms with Crippen molar-refractivity contribution in [3.63, 3.8) is 0 Å².